The van der Waals surface area contributed by atoms with E-state index in [-0.39, 0.29) is 6.54 Å². The summed E-state index contributed by atoms with van der Waals surface area (Å²) in [5.74, 6) is -19.7. The lowest BCUT2D eigenvalue weighted by Gasteiger charge is -2.32. The van der Waals surface area contributed by atoms with Crippen molar-refractivity contribution in [2.45, 2.75) is 75.3 Å². The molecule has 0 N–H and O–H groups in total. The van der Waals surface area contributed by atoms with Gasteiger partial charge in [-0.3, -0.25) is 4.90 Å². The first kappa shape index (κ1) is 28.2. The Morgan fingerprint density at radius 3 is 1.74 bits per heavy atom. The van der Waals surface area contributed by atoms with Gasteiger partial charge in [-0.1, -0.05) is 6.92 Å². The molecule has 1 aliphatic rings. The van der Waals surface area contributed by atoms with Crippen molar-refractivity contribution in [2.24, 2.45) is 5.92 Å². The van der Waals surface area contributed by atoms with E-state index in [4.69, 9.17) is 4.74 Å². The first-order valence-corrected chi connectivity index (χ1v) is 9.72. The second-order valence-electron chi connectivity index (χ2n) is 8.14. The maximum Gasteiger partial charge on any atom is 0.389 e. The Balaban J connectivity index is 2.58. The molecule has 0 aromatic heterocycles. The molecule has 0 aliphatic carbocycles. The number of alkyl halides is 11. The summed E-state index contributed by atoms with van der Waals surface area (Å²) in [5, 5.41) is 0. The maximum atomic E-state index is 14.0. The van der Waals surface area contributed by atoms with E-state index in [2.05, 4.69) is 0 Å². The van der Waals surface area contributed by atoms with Crippen LogP contribution in [0.4, 0.5) is 48.3 Å². The molecule has 186 valence electrons. The molecule has 0 aromatic carbocycles. The van der Waals surface area contributed by atoms with Crippen LogP contribution in [0.15, 0.2) is 0 Å². The minimum atomic E-state index is -5.49. The van der Waals surface area contributed by atoms with Crippen LogP contribution in [0.25, 0.3) is 0 Å². The molecule has 1 unspecified atom stereocenters. The van der Waals surface area contributed by atoms with E-state index in [1.807, 2.05) is 4.90 Å². The fraction of sp³-hybridized carbons (Fsp3) is 1.00. The zero-order valence-electron chi connectivity index (χ0n) is 16.9. The molecule has 1 heterocycles. The van der Waals surface area contributed by atoms with Gasteiger partial charge in [0.2, 0.25) is 5.92 Å². The molecule has 0 saturated carbocycles. The number of hydrogen-bond acceptors (Lipinski definition) is 2. The summed E-state index contributed by atoms with van der Waals surface area (Å²) in [6.07, 6.45) is -16.8. The van der Waals surface area contributed by atoms with Crippen molar-refractivity contribution in [3.63, 3.8) is 0 Å². The average Bonchev–Trinajstić information content (AvgIpc) is 2.57. The number of hydrogen-bond donors (Lipinski definition) is 0. The van der Waals surface area contributed by atoms with Gasteiger partial charge in [0.1, 0.15) is 0 Å². The van der Waals surface area contributed by atoms with Crippen molar-refractivity contribution in [2.75, 3.05) is 32.8 Å². The van der Waals surface area contributed by atoms with Crippen LogP contribution in [0, 0.1) is 5.92 Å². The van der Waals surface area contributed by atoms with Crippen molar-refractivity contribution >= 4 is 0 Å². The van der Waals surface area contributed by atoms with E-state index >= 15 is 0 Å². The SMILES string of the molecule is CC(CN1CCOCC1)CC(F)(F)CCC(F)(F)CC(F)(F)C(F)(F)CCC(F)(F)F. The average molecular weight is 481 g/mol. The zero-order valence-corrected chi connectivity index (χ0v) is 16.9. The van der Waals surface area contributed by atoms with Crippen LogP contribution in [0.1, 0.15) is 45.4 Å². The lowest BCUT2D eigenvalue weighted by Crippen LogP contribution is -2.45. The van der Waals surface area contributed by atoms with E-state index < -0.39 is 74.3 Å². The number of ether oxygens (including phenoxy) is 1. The third-order valence-electron chi connectivity index (χ3n) is 4.92. The lowest BCUT2D eigenvalue weighted by molar-refractivity contribution is -0.252. The van der Waals surface area contributed by atoms with Gasteiger partial charge in [-0.05, 0) is 5.92 Å². The predicted octanol–water partition coefficient (Wildman–Crippen LogP) is 6.40. The fourth-order valence-corrected chi connectivity index (χ4v) is 3.29. The highest BCUT2D eigenvalue weighted by Gasteiger charge is 2.60. The first-order valence-electron chi connectivity index (χ1n) is 9.72. The van der Waals surface area contributed by atoms with E-state index in [1.54, 1.807) is 0 Å². The summed E-state index contributed by atoms with van der Waals surface area (Å²) >= 11 is 0. The van der Waals surface area contributed by atoms with Gasteiger partial charge in [0.15, 0.2) is 0 Å². The van der Waals surface area contributed by atoms with Gasteiger partial charge < -0.3 is 4.74 Å². The van der Waals surface area contributed by atoms with Gasteiger partial charge >= 0.3 is 18.0 Å². The van der Waals surface area contributed by atoms with Crippen molar-refractivity contribution < 1.29 is 53.0 Å². The second-order valence-corrected chi connectivity index (χ2v) is 8.14. The molecule has 0 aromatic rings. The second kappa shape index (κ2) is 10.4. The predicted molar refractivity (Wildman–Crippen MR) is 90.0 cm³/mol. The Hall–Kier alpha value is -0.850. The first-order chi connectivity index (χ1) is 13.8. The third kappa shape index (κ3) is 10.5. The van der Waals surface area contributed by atoms with Crippen molar-refractivity contribution in [3.8, 4) is 0 Å². The molecule has 1 saturated heterocycles. The van der Waals surface area contributed by atoms with Crippen LogP contribution in [0.2, 0.25) is 0 Å². The maximum absolute atomic E-state index is 14.0. The standard InChI is InChI=1S/C18H26F11NO/c1-13(11-30-6-8-31-9-7-30)10-14(19,20)2-3-15(21,22)12-17(25,26)16(23,24)4-5-18(27,28)29/h13H,2-12H2,1H3. The van der Waals surface area contributed by atoms with Gasteiger partial charge in [0.25, 0.3) is 5.92 Å². The Kier molecular flexibility index (Phi) is 9.45. The minimum absolute atomic E-state index is 0.249. The molecule has 0 bridgehead atoms. The number of halogens is 11. The molecule has 1 fully saturated rings. The van der Waals surface area contributed by atoms with E-state index in [9.17, 15) is 48.3 Å². The zero-order chi connectivity index (χ0) is 24.1. The molecular formula is C18H26F11NO. The Morgan fingerprint density at radius 2 is 1.23 bits per heavy atom. The quantitative estimate of drug-likeness (QED) is 0.299. The Morgan fingerprint density at radius 1 is 0.710 bits per heavy atom. The summed E-state index contributed by atoms with van der Waals surface area (Å²) in [6.45, 7) is 3.61. The van der Waals surface area contributed by atoms with Crippen LogP contribution in [0.5, 0.6) is 0 Å². The van der Waals surface area contributed by atoms with E-state index in [1.165, 1.54) is 6.92 Å². The molecule has 0 spiro atoms. The lowest BCUT2D eigenvalue weighted by atomic mass is 9.93. The normalized spacial score (nSPS) is 19.0. The summed E-state index contributed by atoms with van der Waals surface area (Å²) in [6, 6.07) is 0. The van der Waals surface area contributed by atoms with Crippen LogP contribution in [0.3, 0.4) is 0 Å². The Labute approximate surface area is 173 Å². The van der Waals surface area contributed by atoms with Gasteiger partial charge in [-0.25, -0.2) is 17.6 Å². The molecule has 31 heavy (non-hydrogen) atoms. The van der Waals surface area contributed by atoms with E-state index in [0.717, 1.165) is 0 Å². The largest absolute Gasteiger partial charge is 0.389 e. The van der Waals surface area contributed by atoms with Crippen molar-refractivity contribution in [1.29, 1.82) is 0 Å². The van der Waals surface area contributed by atoms with Crippen LogP contribution < -0.4 is 0 Å². The van der Waals surface area contributed by atoms with Gasteiger partial charge in [0.05, 0.1) is 19.6 Å². The molecule has 1 rings (SSSR count). The Bertz CT molecular complexity index is 545. The van der Waals surface area contributed by atoms with Crippen LogP contribution in [-0.4, -0.2) is 67.6 Å². The summed E-state index contributed by atoms with van der Waals surface area (Å²) in [4.78, 5) is 1.85. The number of rotatable bonds is 12. The number of nitrogens with zero attached hydrogens (tertiary/aromatic N) is 1. The highest BCUT2D eigenvalue weighted by atomic mass is 19.4. The van der Waals surface area contributed by atoms with E-state index in [0.29, 0.717) is 26.3 Å². The monoisotopic (exact) mass is 481 g/mol. The molecule has 1 atom stereocenters. The summed E-state index contributed by atoms with van der Waals surface area (Å²) in [7, 11) is 0. The smallest absolute Gasteiger partial charge is 0.379 e. The van der Waals surface area contributed by atoms with Crippen LogP contribution in [-0.2, 0) is 4.74 Å². The molecule has 1 aliphatic heterocycles. The molecule has 13 heteroatoms. The number of morpholine rings is 1. The van der Waals surface area contributed by atoms with Gasteiger partial charge in [0, 0.05) is 51.7 Å². The molecule has 2 nitrogen and oxygen atoms in total. The summed E-state index contributed by atoms with van der Waals surface area (Å²) in [5.41, 5.74) is 0. The van der Waals surface area contributed by atoms with Crippen molar-refractivity contribution in [3.05, 3.63) is 0 Å². The fourth-order valence-electron chi connectivity index (χ4n) is 3.29. The minimum Gasteiger partial charge on any atom is -0.379 e. The van der Waals surface area contributed by atoms with Gasteiger partial charge in [-0.15, -0.1) is 0 Å². The highest BCUT2D eigenvalue weighted by Crippen LogP contribution is 2.47. The third-order valence-corrected chi connectivity index (χ3v) is 4.92. The van der Waals surface area contributed by atoms with Crippen molar-refractivity contribution in [1.82, 2.24) is 4.90 Å². The van der Waals surface area contributed by atoms with Crippen LogP contribution >= 0.6 is 0 Å². The molecule has 0 radical (unpaired) electrons. The highest BCUT2D eigenvalue weighted by molar-refractivity contribution is 4.90. The van der Waals surface area contributed by atoms with Gasteiger partial charge in [-0.2, -0.15) is 30.7 Å². The summed E-state index contributed by atoms with van der Waals surface area (Å²) < 4.78 is 151. The molecular weight excluding hydrogens is 455 g/mol. The molecule has 0 amide bonds. The topological polar surface area (TPSA) is 12.5 Å².